The number of hydrogen-bond acceptors (Lipinski definition) is 4. The molecule has 4 heteroatoms. The third-order valence-corrected chi connectivity index (χ3v) is 7.00. The summed E-state index contributed by atoms with van der Waals surface area (Å²) in [5.74, 6) is 0. The average Bonchev–Trinajstić information content (AvgIpc) is 3.13. The van der Waals surface area contributed by atoms with E-state index in [2.05, 4.69) is 40.1 Å². The molecule has 3 aliphatic rings. The first-order valence-corrected chi connectivity index (χ1v) is 11.1. The Hall–Kier alpha value is -1.10. The molecule has 2 saturated heterocycles. The van der Waals surface area contributed by atoms with Crippen LogP contribution in [-0.4, -0.2) is 60.5 Å². The van der Waals surface area contributed by atoms with Crippen LogP contribution in [0.3, 0.4) is 0 Å². The summed E-state index contributed by atoms with van der Waals surface area (Å²) >= 11 is 0. The summed E-state index contributed by atoms with van der Waals surface area (Å²) in [5, 5.41) is 10.4. The van der Waals surface area contributed by atoms with Gasteiger partial charge in [0.05, 0.1) is 18.8 Å². The Bertz CT molecular complexity index is 565. The van der Waals surface area contributed by atoms with Gasteiger partial charge >= 0.3 is 0 Å². The number of benzene rings is 1. The van der Waals surface area contributed by atoms with E-state index < -0.39 is 0 Å². The third kappa shape index (κ3) is 4.67. The first kappa shape index (κ1) is 19.2. The molecule has 1 aromatic rings. The van der Waals surface area contributed by atoms with E-state index in [4.69, 9.17) is 4.74 Å². The molecule has 1 spiro atoms. The summed E-state index contributed by atoms with van der Waals surface area (Å²) in [6.45, 7) is 4.62. The van der Waals surface area contributed by atoms with Crippen molar-refractivity contribution in [1.82, 2.24) is 4.90 Å². The molecule has 0 radical (unpaired) electrons. The van der Waals surface area contributed by atoms with E-state index in [1.165, 1.54) is 70.0 Å². The summed E-state index contributed by atoms with van der Waals surface area (Å²) in [5.41, 5.74) is 1.71. The summed E-state index contributed by atoms with van der Waals surface area (Å²) in [7, 11) is 0. The van der Waals surface area contributed by atoms with Crippen LogP contribution in [0, 0.1) is 0 Å². The van der Waals surface area contributed by atoms with Crippen LogP contribution in [0.4, 0.5) is 5.69 Å². The second-order valence-corrected chi connectivity index (χ2v) is 8.86. The highest BCUT2D eigenvalue weighted by molar-refractivity contribution is 5.50. The maximum atomic E-state index is 10.4. The van der Waals surface area contributed by atoms with Crippen molar-refractivity contribution in [3.63, 3.8) is 0 Å². The maximum Gasteiger partial charge on any atom is 0.0900 e. The second-order valence-electron chi connectivity index (χ2n) is 8.86. The molecule has 4 rings (SSSR count). The second kappa shape index (κ2) is 8.93. The lowest BCUT2D eigenvalue weighted by Crippen LogP contribution is -2.53. The van der Waals surface area contributed by atoms with E-state index in [1.807, 2.05) is 0 Å². The number of rotatable bonds is 6. The average molecular weight is 373 g/mol. The maximum absolute atomic E-state index is 10.4. The molecule has 4 nitrogen and oxygen atoms in total. The summed E-state index contributed by atoms with van der Waals surface area (Å²) in [6.07, 6.45) is 11.3. The highest BCUT2D eigenvalue weighted by atomic mass is 16.5. The van der Waals surface area contributed by atoms with Crippen molar-refractivity contribution in [2.24, 2.45) is 0 Å². The van der Waals surface area contributed by atoms with Crippen LogP contribution in [0.25, 0.3) is 0 Å². The van der Waals surface area contributed by atoms with Crippen LogP contribution < -0.4 is 4.90 Å². The normalized spacial score (nSPS) is 25.1. The number of piperidine rings is 1. The van der Waals surface area contributed by atoms with Gasteiger partial charge in [-0.2, -0.15) is 0 Å². The molecular formula is C23H36N2O2. The predicted molar refractivity (Wildman–Crippen MR) is 110 cm³/mol. The van der Waals surface area contributed by atoms with Crippen molar-refractivity contribution in [3.8, 4) is 0 Å². The standard InChI is InChI=1S/C23H36N2O2/c26-21(19-27-22-10-5-2-6-11-22)18-24-16-13-23(14-17-24)12-7-15-25(23)20-8-3-1-4-9-20/h1,3-4,8-9,21-22,26H,2,5-7,10-19H2. The molecule has 1 N–H and O–H groups in total. The van der Waals surface area contributed by atoms with Gasteiger partial charge in [-0.25, -0.2) is 0 Å². The lowest BCUT2D eigenvalue weighted by Gasteiger charge is -2.46. The number of para-hydroxylation sites is 1. The Labute approximate surface area is 164 Å². The number of likely N-dealkylation sites (tertiary alicyclic amines) is 1. The topological polar surface area (TPSA) is 35.9 Å². The van der Waals surface area contributed by atoms with E-state index >= 15 is 0 Å². The molecule has 1 unspecified atom stereocenters. The lowest BCUT2D eigenvalue weighted by molar-refractivity contribution is -0.0362. The molecule has 0 aromatic heterocycles. The van der Waals surface area contributed by atoms with Gasteiger partial charge in [-0.15, -0.1) is 0 Å². The van der Waals surface area contributed by atoms with Crippen molar-refractivity contribution in [3.05, 3.63) is 30.3 Å². The fourth-order valence-electron chi connectivity index (χ4n) is 5.45. The minimum atomic E-state index is -0.352. The predicted octanol–water partition coefficient (Wildman–Crippen LogP) is 3.83. The number of aliphatic hydroxyl groups is 1. The number of ether oxygens (including phenoxy) is 1. The third-order valence-electron chi connectivity index (χ3n) is 7.00. The van der Waals surface area contributed by atoms with Crippen LogP contribution in [0.5, 0.6) is 0 Å². The van der Waals surface area contributed by atoms with Crippen LogP contribution in [0.2, 0.25) is 0 Å². The van der Waals surface area contributed by atoms with Gasteiger partial charge in [0.25, 0.3) is 0 Å². The minimum Gasteiger partial charge on any atom is -0.389 e. The first-order valence-electron chi connectivity index (χ1n) is 11.1. The number of hydrogen-bond donors (Lipinski definition) is 1. The van der Waals surface area contributed by atoms with E-state index in [1.54, 1.807) is 0 Å². The van der Waals surface area contributed by atoms with Crippen LogP contribution in [0.1, 0.15) is 57.8 Å². The first-order chi connectivity index (χ1) is 13.3. The summed E-state index contributed by atoms with van der Waals surface area (Å²) in [4.78, 5) is 5.11. The van der Waals surface area contributed by atoms with Crippen molar-refractivity contribution < 1.29 is 9.84 Å². The van der Waals surface area contributed by atoms with Gasteiger partial charge in [0.15, 0.2) is 0 Å². The van der Waals surface area contributed by atoms with Gasteiger partial charge in [-0.05, 0) is 50.7 Å². The molecule has 27 heavy (non-hydrogen) atoms. The fourth-order valence-corrected chi connectivity index (χ4v) is 5.45. The molecule has 1 aliphatic carbocycles. The zero-order valence-electron chi connectivity index (χ0n) is 16.7. The number of nitrogens with zero attached hydrogens (tertiary/aromatic N) is 2. The van der Waals surface area contributed by atoms with Crippen molar-refractivity contribution in [2.45, 2.75) is 75.5 Å². The Morgan fingerprint density at radius 3 is 2.44 bits per heavy atom. The van der Waals surface area contributed by atoms with Gasteiger partial charge in [0, 0.05) is 37.4 Å². The highest BCUT2D eigenvalue weighted by Gasteiger charge is 2.43. The van der Waals surface area contributed by atoms with Crippen molar-refractivity contribution in [1.29, 1.82) is 0 Å². The Balaban J connectivity index is 1.24. The van der Waals surface area contributed by atoms with E-state index in [0.717, 1.165) is 19.6 Å². The van der Waals surface area contributed by atoms with Gasteiger partial charge in [0.2, 0.25) is 0 Å². The molecule has 1 aromatic carbocycles. The quantitative estimate of drug-likeness (QED) is 0.823. The molecule has 1 saturated carbocycles. The largest absolute Gasteiger partial charge is 0.389 e. The molecule has 2 heterocycles. The van der Waals surface area contributed by atoms with Gasteiger partial charge in [-0.3, -0.25) is 0 Å². The Kier molecular flexibility index (Phi) is 6.36. The minimum absolute atomic E-state index is 0.335. The van der Waals surface area contributed by atoms with E-state index in [0.29, 0.717) is 18.2 Å². The van der Waals surface area contributed by atoms with Gasteiger partial charge in [0.1, 0.15) is 0 Å². The molecular weight excluding hydrogens is 336 g/mol. The monoisotopic (exact) mass is 372 g/mol. The van der Waals surface area contributed by atoms with E-state index in [-0.39, 0.29) is 6.10 Å². The highest BCUT2D eigenvalue weighted by Crippen LogP contribution is 2.41. The lowest BCUT2D eigenvalue weighted by atomic mass is 9.84. The summed E-state index contributed by atoms with van der Waals surface area (Å²) < 4.78 is 5.97. The number of anilines is 1. The smallest absolute Gasteiger partial charge is 0.0900 e. The molecule has 150 valence electrons. The molecule has 1 atom stereocenters. The Morgan fingerprint density at radius 2 is 1.70 bits per heavy atom. The van der Waals surface area contributed by atoms with Crippen molar-refractivity contribution >= 4 is 5.69 Å². The van der Waals surface area contributed by atoms with Crippen LogP contribution in [0.15, 0.2) is 30.3 Å². The summed E-state index contributed by atoms with van der Waals surface area (Å²) in [6, 6.07) is 10.9. The van der Waals surface area contributed by atoms with Gasteiger partial charge < -0.3 is 19.6 Å². The molecule has 0 bridgehead atoms. The number of aliphatic hydroxyl groups excluding tert-OH is 1. The Morgan fingerprint density at radius 1 is 0.963 bits per heavy atom. The molecule has 3 fully saturated rings. The zero-order valence-corrected chi connectivity index (χ0v) is 16.7. The van der Waals surface area contributed by atoms with Crippen molar-refractivity contribution in [2.75, 3.05) is 37.7 Å². The van der Waals surface area contributed by atoms with E-state index in [9.17, 15) is 5.11 Å². The van der Waals surface area contributed by atoms with Gasteiger partial charge in [-0.1, -0.05) is 37.5 Å². The molecule has 2 aliphatic heterocycles. The SMILES string of the molecule is OC(COC1CCCCC1)CN1CCC2(CCCN2c2ccccc2)CC1. The van der Waals surface area contributed by atoms with Crippen LogP contribution >= 0.6 is 0 Å². The molecule has 0 amide bonds. The number of β-amino-alcohol motifs (C(OH)–C–C–N with tert-alkyl or cyclic N) is 1. The van der Waals surface area contributed by atoms with Crippen LogP contribution in [-0.2, 0) is 4.74 Å². The fraction of sp³-hybridized carbons (Fsp3) is 0.739. The zero-order chi connectivity index (χ0) is 18.5.